The maximum atomic E-state index is 12.8. The van der Waals surface area contributed by atoms with E-state index in [-0.39, 0.29) is 37.1 Å². The van der Waals surface area contributed by atoms with Gasteiger partial charge in [-0.3, -0.25) is 19.3 Å². The molecule has 0 atom stereocenters. The zero-order valence-electron chi connectivity index (χ0n) is 17.4. The number of ketones is 1. The molecule has 1 aromatic carbocycles. The molecule has 0 unspecified atom stereocenters. The minimum Gasteiger partial charge on any atom is -0.345 e. The van der Waals surface area contributed by atoms with Gasteiger partial charge in [0.25, 0.3) is 11.8 Å². The van der Waals surface area contributed by atoms with Crippen molar-refractivity contribution >= 4 is 17.6 Å². The third-order valence-electron chi connectivity index (χ3n) is 5.91. The van der Waals surface area contributed by atoms with Crippen molar-refractivity contribution in [1.82, 2.24) is 29.7 Å². The van der Waals surface area contributed by atoms with Gasteiger partial charge in [-0.25, -0.2) is 0 Å². The lowest BCUT2D eigenvalue weighted by molar-refractivity contribution is 0.0655. The summed E-state index contributed by atoms with van der Waals surface area (Å²) in [6.07, 6.45) is 2.59. The standard InChI is InChI=1S/C22H22N6O3/c1-13-11-18(14(2)28(13)15-7-8-15)19(29)12-27-24-20(23-25-27)9-10-26-21(30)16-5-3-4-6-17(16)22(26)31/h3-6,11,15H,7-10,12H2,1-2H3. The lowest BCUT2D eigenvalue weighted by Gasteiger charge is -2.11. The summed E-state index contributed by atoms with van der Waals surface area (Å²) < 4.78 is 2.23. The Labute approximate surface area is 178 Å². The molecule has 2 aromatic heterocycles. The number of hydrogen-bond donors (Lipinski definition) is 0. The average molecular weight is 418 g/mol. The Morgan fingerprint density at radius 2 is 1.77 bits per heavy atom. The van der Waals surface area contributed by atoms with Crippen molar-refractivity contribution in [3.8, 4) is 0 Å². The maximum absolute atomic E-state index is 12.8. The molecule has 1 fully saturated rings. The van der Waals surface area contributed by atoms with Gasteiger partial charge in [0.15, 0.2) is 11.6 Å². The van der Waals surface area contributed by atoms with E-state index in [1.807, 2.05) is 19.9 Å². The van der Waals surface area contributed by atoms with Crippen molar-refractivity contribution in [3.63, 3.8) is 0 Å². The number of amides is 2. The van der Waals surface area contributed by atoms with Crippen molar-refractivity contribution in [2.75, 3.05) is 6.54 Å². The van der Waals surface area contributed by atoms with E-state index in [1.165, 1.54) is 9.70 Å². The molecule has 1 saturated carbocycles. The summed E-state index contributed by atoms with van der Waals surface area (Å²) in [7, 11) is 0. The number of Topliss-reactive ketones (excluding diaryl/α,β-unsaturated/α-hetero) is 1. The summed E-state index contributed by atoms with van der Waals surface area (Å²) in [6.45, 7) is 4.15. The molecule has 2 aliphatic rings. The van der Waals surface area contributed by atoms with Gasteiger partial charge in [0, 0.05) is 36.0 Å². The molecule has 2 amide bonds. The van der Waals surface area contributed by atoms with E-state index in [0.29, 0.717) is 28.6 Å². The van der Waals surface area contributed by atoms with Crippen LogP contribution in [0.4, 0.5) is 0 Å². The first-order chi connectivity index (χ1) is 14.9. The van der Waals surface area contributed by atoms with Gasteiger partial charge >= 0.3 is 0 Å². The number of aromatic nitrogens is 5. The largest absolute Gasteiger partial charge is 0.345 e. The Bertz CT molecular complexity index is 1180. The van der Waals surface area contributed by atoms with E-state index in [0.717, 1.165) is 24.2 Å². The topological polar surface area (TPSA) is 103 Å². The second-order valence-electron chi connectivity index (χ2n) is 8.10. The number of carbonyl (C=O) groups is 3. The van der Waals surface area contributed by atoms with Crippen LogP contribution in [0.3, 0.4) is 0 Å². The number of imide groups is 1. The van der Waals surface area contributed by atoms with Crippen LogP contribution in [0.25, 0.3) is 0 Å². The molecule has 0 spiro atoms. The zero-order valence-corrected chi connectivity index (χ0v) is 17.4. The quantitative estimate of drug-likeness (QED) is 0.430. The SMILES string of the molecule is Cc1cc(C(=O)Cn2nnc(CCN3C(=O)c4ccccc4C3=O)n2)c(C)n1C1CC1. The molecular weight excluding hydrogens is 396 g/mol. The van der Waals surface area contributed by atoms with Crippen molar-refractivity contribution < 1.29 is 14.4 Å². The molecule has 3 heterocycles. The predicted molar refractivity (Wildman–Crippen MR) is 110 cm³/mol. The van der Waals surface area contributed by atoms with E-state index in [1.54, 1.807) is 24.3 Å². The third kappa shape index (κ3) is 3.35. The number of aryl methyl sites for hydroxylation is 1. The molecule has 0 N–H and O–H groups in total. The van der Waals surface area contributed by atoms with E-state index in [4.69, 9.17) is 0 Å². The summed E-state index contributed by atoms with van der Waals surface area (Å²) in [4.78, 5) is 40.1. The molecular formula is C22H22N6O3. The highest BCUT2D eigenvalue weighted by atomic mass is 16.2. The summed E-state index contributed by atoms with van der Waals surface area (Å²) in [6, 6.07) is 9.21. The molecule has 1 aliphatic carbocycles. The molecule has 31 heavy (non-hydrogen) atoms. The number of nitrogens with zero attached hydrogens (tertiary/aromatic N) is 6. The van der Waals surface area contributed by atoms with Gasteiger partial charge in [0.05, 0.1) is 11.1 Å². The number of hydrogen-bond acceptors (Lipinski definition) is 6. The van der Waals surface area contributed by atoms with Crippen LogP contribution in [0.1, 0.15) is 67.2 Å². The van der Waals surface area contributed by atoms with Gasteiger partial charge in [-0.15, -0.1) is 10.2 Å². The van der Waals surface area contributed by atoms with Gasteiger partial charge in [-0.05, 0) is 50.1 Å². The van der Waals surface area contributed by atoms with Crippen LogP contribution in [0.15, 0.2) is 30.3 Å². The fourth-order valence-corrected chi connectivity index (χ4v) is 4.27. The Hall–Kier alpha value is -3.62. The first kappa shape index (κ1) is 19.3. The average Bonchev–Trinajstić information content (AvgIpc) is 3.34. The molecule has 0 bridgehead atoms. The second-order valence-corrected chi connectivity index (χ2v) is 8.10. The molecule has 3 aromatic rings. The van der Waals surface area contributed by atoms with Crippen molar-refractivity contribution in [1.29, 1.82) is 0 Å². The highest BCUT2D eigenvalue weighted by Crippen LogP contribution is 2.38. The first-order valence-electron chi connectivity index (χ1n) is 10.4. The predicted octanol–water partition coefficient (Wildman–Crippen LogP) is 2.15. The van der Waals surface area contributed by atoms with E-state index >= 15 is 0 Å². The van der Waals surface area contributed by atoms with Crippen LogP contribution in [0.5, 0.6) is 0 Å². The van der Waals surface area contributed by atoms with Crippen LogP contribution in [0.2, 0.25) is 0 Å². The lowest BCUT2D eigenvalue weighted by atomic mass is 10.1. The van der Waals surface area contributed by atoms with Gasteiger partial charge in [-0.1, -0.05) is 12.1 Å². The highest BCUT2D eigenvalue weighted by molar-refractivity contribution is 6.21. The van der Waals surface area contributed by atoms with E-state index < -0.39 is 0 Å². The fraction of sp³-hybridized carbons (Fsp3) is 0.364. The van der Waals surface area contributed by atoms with Crippen LogP contribution in [0, 0.1) is 13.8 Å². The smallest absolute Gasteiger partial charge is 0.261 e. The Morgan fingerprint density at radius 1 is 1.10 bits per heavy atom. The first-order valence-corrected chi connectivity index (χ1v) is 10.4. The third-order valence-corrected chi connectivity index (χ3v) is 5.91. The molecule has 158 valence electrons. The molecule has 9 nitrogen and oxygen atoms in total. The van der Waals surface area contributed by atoms with Crippen LogP contribution in [-0.2, 0) is 13.0 Å². The normalized spacial score (nSPS) is 15.6. The number of carbonyl (C=O) groups excluding carboxylic acids is 3. The summed E-state index contributed by atoms with van der Waals surface area (Å²) in [5.74, 6) is -0.305. The summed E-state index contributed by atoms with van der Waals surface area (Å²) in [5.41, 5.74) is 3.60. The number of benzene rings is 1. The number of fused-ring (bicyclic) bond motifs is 1. The number of rotatable bonds is 7. The maximum Gasteiger partial charge on any atom is 0.261 e. The zero-order chi connectivity index (χ0) is 21.7. The molecule has 5 rings (SSSR count). The summed E-state index contributed by atoms with van der Waals surface area (Å²) >= 11 is 0. The second kappa shape index (κ2) is 7.26. The molecule has 9 heteroatoms. The van der Waals surface area contributed by atoms with Gasteiger partial charge in [-0.2, -0.15) is 4.80 Å². The van der Waals surface area contributed by atoms with Crippen LogP contribution >= 0.6 is 0 Å². The van der Waals surface area contributed by atoms with E-state index in [2.05, 4.69) is 20.0 Å². The molecule has 0 saturated heterocycles. The van der Waals surface area contributed by atoms with E-state index in [9.17, 15) is 14.4 Å². The minimum atomic E-state index is -0.311. The van der Waals surface area contributed by atoms with Crippen molar-refractivity contribution in [2.45, 2.75) is 45.7 Å². The lowest BCUT2D eigenvalue weighted by Crippen LogP contribution is -2.32. The fourth-order valence-electron chi connectivity index (χ4n) is 4.27. The van der Waals surface area contributed by atoms with Crippen LogP contribution < -0.4 is 0 Å². The van der Waals surface area contributed by atoms with Gasteiger partial charge in [0.1, 0.15) is 6.54 Å². The van der Waals surface area contributed by atoms with Gasteiger partial charge in [0.2, 0.25) is 0 Å². The minimum absolute atomic E-state index is 0.00498. The molecule has 0 radical (unpaired) electrons. The van der Waals surface area contributed by atoms with Crippen LogP contribution in [-0.4, -0.2) is 53.8 Å². The molecule has 1 aliphatic heterocycles. The van der Waals surface area contributed by atoms with Gasteiger partial charge < -0.3 is 4.57 Å². The Balaban J connectivity index is 1.23. The monoisotopic (exact) mass is 418 g/mol. The number of tetrazole rings is 1. The summed E-state index contributed by atoms with van der Waals surface area (Å²) in [5, 5.41) is 12.2. The Morgan fingerprint density at radius 3 is 2.42 bits per heavy atom. The highest BCUT2D eigenvalue weighted by Gasteiger charge is 2.35. The van der Waals surface area contributed by atoms with Crippen molar-refractivity contribution in [2.24, 2.45) is 0 Å². The van der Waals surface area contributed by atoms with Crippen molar-refractivity contribution in [3.05, 3.63) is 64.2 Å². The Kier molecular flexibility index (Phi) is 4.53.